The van der Waals surface area contributed by atoms with Crippen LogP contribution in [0.15, 0.2) is 12.1 Å². The third kappa shape index (κ3) is 3.75. The van der Waals surface area contributed by atoms with Gasteiger partial charge in [0.1, 0.15) is 0 Å². The number of nitrogens with one attached hydrogen (secondary N) is 1. The Hall–Kier alpha value is -1.46. The number of rotatable bonds is 8. The van der Waals surface area contributed by atoms with Crippen molar-refractivity contribution in [3.8, 4) is 17.2 Å². The first-order valence-electron chi connectivity index (χ1n) is 6.37. The van der Waals surface area contributed by atoms with E-state index in [9.17, 15) is 5.11 Å². The molecule has 5 heteroatoms. The first-order chi connectivity index (χ1) is 9.19. The molecule has 1 rings (SSSR count). The molecule has 0 spiro atoms. The Labute approximate surface area is 114 Å². The van der Waals surface area contributed by atoms with E-state index >= 15 is 0 Å². The predicted octanol–water partition coefficient (Wildman–Crippen LogP) is 1.75. The average Bonchev–Trinajstić information content (AvgIpc) is 2.45. The van der Waals surface area contributed by atoms with Gasteiger partial charge in [0.05, 0.1) is 27.4 Å². The van der Waals surface area contributed by atoms with E-state index in [1.54, 1.807) is 33.5 Å². The van der Waals surface area contributed by atoms with Crippen molar-refractivity contribution in [2.75, 3.05) is 34.4 Å². The Balaban J connectivity index is 2.99. The molecule has 1 unspecified atom stereocenters. The Bertz CT molecular complexity index is 395. The Kier molecular flexibility index (Phi) is 6.45. The second-order valence-corrected chi connectivity index (χ2v) is 4.14. The van der Waals surface area contributed by atoms with Crippen LogP contribution in [0.3, 0.4) is 0 Å². The van der Waals surface area contributed by atoms with Crippen LogP contribution in [0.4, 0.5) is 0 Å². The fourth-order valence-electron chi connectivity index (χ4n) is 1.91. The summed E-state index contributed by atoms with van der Waals surface area (Å²) in [6, 6.07) is 3.55. The minimum absolute atomic E-state index is 0.472. The van der Waals surface area contributed by atoms with Gasteiger partial charge in [0.15, 0.2) is 11.5 Å². The quantitative estimate of drug-likeness (QED) is 0.704. The van der Waals surface area contributed by atoms with Crippen LogP contribution in [0, 0.1) is 0 Å². The molecule has 19 heavy (non-hydrogen) atoms. The molecule has 0 saturated carbocycles. The first kappa shape index (κ1) is 15.6. The first-order valence-corrected chi connectivity index (χ1v) is 6.37. The third-order valence-corrected chi connectivity index (χ3v) is 2.86. The standard InChI is InChI=1S/C14H23NO4/c1-5-8-15-9-11(16)10-6-7-12(17-2)14(19-4)13(10)18-3/h6-7,11,15-16H,5,8-9H2,1-4H3. The maximum Gasteiger partial charge on any atom is 0.203 e. The summed E-state index contributed by atoms with van der Waals surface area (Å²) in [5.41, 5.74) is 0.684. The molecule has 5 nitrogen and oxygen atoms in total. The number of hydrogen-bond acceptors (Lipinski definition) is 5. The van der Waals surface area contributed by atoms with Crippen molar-refractivity contribution in [1.82, 2.24) is 5.32 Å². The molecule has 1 aromatic carbocycles. The summed E-state index contributed by atoms with van der Waals surface area (Å²) >= 11 is 0. The van der Waals surface area contributed by atoms with Crippen molar-refractivity contribution in [1.29, 1.82) is 0 Å². The van der Waals surface area contributed by atoms with Gasteiger partial charge in [-0.15, -0.1) is 0 Å². The normalized spacial score (nSPS) is 12.1. The maximum atomic E-state index is 10.2. The molecule has 0 fully saturated rings. The lowest BCUT2D eigenvalue weighted by Crippen LogP contribution is -2.22. The minimum Gasteiger partial charge on any atom is -0.493 e. The Morgan fingerprint density at radius 1 is 1.11 bits per heavy atom. The van der Waals surface area contributed by atoms with E-state index in [4.69, 9.17) is 14.2 Å². The topological polar surface area (TPSA) is 60.0 Å². The fourth-order valence-corrected chi connectivity index (χ4v) is 1.91. The second kappa shape index (κ2) is 7.86. The molecule has 0 aliphatic rings. The van der Waals surface area contributed by atoms with Gasteiger partial charge < -0.3 is 24.6 Å². The highest BCUT2D eigenvalue weighted by Gasteiger charge is 2.20. The van der Waals surface area contributed by atoms with Gasteiger partial charge >= 0.3 is 0 Å². The summed E-state index contributed by atoms with van der Waals surface area (Å²) in [6.45, 7) is 3.42. The molecule has 0 bridgehead atoms. The van der Waals surface area contributed by atoms with Gasteiger partial charge in [-0.1, -0.05) is 6.92 Å². The number of ether oxygens (including phenoxy) is 3. The van der Waals surface area contributed by atoms with E-state index in [2.05, 4.69) is 12.2 Å². The van der Waals surface area contributed by atoms with Crippen LogP contribution < -0.4 is 19.5 Å². The van der Waals surface area contributed by atoms with E-state index in [1.165, 1.54) is 0 Å². The lowest BCUT2D eigenvalue weighted by Gasteiger charge is -2.19. The minimum atomic E-state index is -0.652. The molecule has 2 N–H and O–H groups in total. The number of benzene rings is 1. The molecule has 108 valence electrons. The molecule has 0 aromatic heterocycles. The molecular formula is C14H23NO4. The van der Waals surface area contributed by atoms with Crippen LogP contribution in [-0.4, -0.2) is 39.5 Å². The zero-order chi connectivity index (χ0) is 14.3. The van der Waals surface area contributed by atoms with Gasteiger partial charge in [-0.05, 0) is 25.1 Å². The van der Waals surface area contributed by atoms with Crippen molar-refractivity contribution < 1.29 is 19.3 Å². The van der Waals surface area contributed by atoms with Crippen molar-refractivity contribution in [2.45, 2.75) is 19.4 Å². The summed E-state index contributed by atoms with van der Waals surface area (Å²) in [7, 11) is 4.66. The van der Waals surface area contributed by atoms with Crippen molar-refractivity contribution >= 4 is 0 Å². The fraction of sp³-hybridized carbons (Fsp3) is 0.571. The second-order valence-electron chi connectivity index (χ2n) is 4.14. The lowest BCUT2D eigenvalue weighted by atomic mass is 10.1. The summed E-state index contributed by atoms with van der Waals surface area (Å²) in [4.78, 5) is 0. The summed E-state index contributed by atoms with van der Waals surface area (Å²) in [6.07, 6.45) is 0.372. The van der Waals surface area contributed by atoms with Crippen LogP contribution in [-0.2, 0) is 0 Å². The van der Waals surface area contributed by atoms with Crippen LogP contribution in [0.5, 0.6) is 17.2 Å². The molecule has 0 aliphatic heterocycles. The van der Waals surface area contributed by atoms with Gasteiger partial charge in [0.25, 0.3) is 0 Å². The zero-order valence-corrected chi connectivity index (χ0v) is 12.0. The number of aliphatic hydroxyl groups is 1. The van der Waals surface area contributed by atoms with E-state index in [1.807, 2.05) is 0 Å². The van der Waals surface area contributed by atoms with E-state index in [0.717, 1.165) is 13.0 Å². The van der Waals surface area contributed by atoms with E-state index < -0.39 is 6.10 Å². The highest BCUT2D eigenvalue weighted by Crippen LogP contribution is 2.41. The smallest absolute Gasteiger partial charge is 0.203 e. The van der Waals surface area contributed by atoms with Crippen LogP contribution in [0.1, 0.15) is 25.0 Å². The summed E-state index contributed by atoms with van der Waals surface area (Å²) < 4.78 is 15.8. The molecule has 0 radical (unpaired) electrons. The van der Waals surface area contributed by atoms with E-state index in [-0.39, 0.29) is 0 Å². The van der Waals surface area contributed by atoms with Gasteiger partial charge in [-0.2, -0.15) is 0 Å². The van der Waals surface area contributed by atoms with Gasteiger partial charge in [0, 0.05) is 12.1 Å². The van der Waals surface area contributed by atoms with Crippen LogP contribution in [0.25, 0.3) is 0 Å². The summed E-state index contributed by atoms with van der Waals surface area (Å²) in [5, 5.41) is 13.4. The zero-order valence-electron chi connectivity index (χ0n) is 12.0. The Morgan fingerprint density at radius 2 is 1.79 bits per heavy atom. The molecule has 0 saturated heterocycles. The third-order valence-electron chi connectivity index (χ3n) is 2.86. The molecule has 0 aliphatic carbocycles. The number of hydrogen-bond donors (Lipinski definition) is 2. The van der Waals surface area contributed by atoms with Crippen LogP contribution in [0.2, 0.25) is 0 Å². The van der Waals surface area contributed by atoms with Crippen molar-refractivity contribution in [3.05, 3.63) is 17.7 Å². The van der Waals surface area contributed by atoms with E-state index in [0.29, 0.717) is 29.4 Å². The lowest BCUT2D eigenvalue weighted by molar-refractivity contribution is 0.169. The van der Waals surface area contributed by atoms with Gasteiger partial charge in [-0.25, -0.2) is 0 Å². The average molecular weight is 269 g/mol. The number of methoxy groups -OCH3 is 3. The largest absolute Gasteiger partial charge is 0.493 e. The van der Waals surface area contributed by atoms with Crippen LogP contribution >= 0.6 is 0 Å². The highest BCUT2D eigenvalue weighted by atomic mass is 16.5. The maximum absolute atomic E-state index is 10.2. The Morgan fingerprint density at radius 3 is 2.32 bits per heavy atom. The monoisotopic (exact) mass is 269 g/mol. The molecular weight excluding hydrogens is 246 g/mol. The summed E-state index contributed by atoms with van der Waals surface area (Å²) in [5.74, 6) is 1.58. The highest BCUT2D eigenvalue weighted by molar-refractivity contribution is 5.56. The molecule has 0 amide bonds. The van der Waals surface area contributed by atoms with Crippen molar-refractivity contribution in [2.24, 2.45) is 0 Å². The molecule has 1 atom stereocenters. The van der Waals surface area contributed by atoms with Gasteiger partial charge in [0.2, 0.25) is 5.75 Å². The molecule has 1 aromatic rings. The SMILES string of the molecule is CCCNCC(O)c1ccc(OC)c(OC)c1OC. The molecule has 0 heterocycles. The number of aliphatic hydroxyl groups excluding tert-OH is 1. The van der Waals surface area contributed by atoms with Gasteiger partial charge in [-0.3, -0.25) is 0 Å². The van der Waals surface area contributed by atoms with Crippen molar-refractivity contribution in [3.63, 3.8) is 0 Å². The predicted molar refractivity (Wildman–Crippen MR) is 74.2 cm³/mol.